The summed E-state index contributed by atoms with van der Waals surface area (Å²) in [4.78, 5) is 14.0. The van der Waals surface area contributed by atoms with Crippen molar-refractivity contribution in [2.45, 2.75) is 13.0 Å². The Hall–Kier alpha value is -2.39. The van der Waals surface area contributed by atoms with Crippen LogP contribution in [0.3, 0.4) is 0 Å². The van der Waals surface area contributed by atoms with Crippen LogP contribution in [-0.4, -0.2) is 30.9 Å². The molecule has 0 aliphatic carbocycles. The first-order valence-corrected chi connectivity index (χ1v) is 7.97. The van der Waals surface area contributed by atoms with Gasteiger partial charge in [-0.25, -0.2) is 0 Å². The van der Waals surface area contributed by atoms with Crippen LogP contribution in [0, 0.1) is 0 Å². The first-order valence-electron chi connectivity index (χ1n) is 7.97. The van der Waals surface area contributed by atoms with E-state index in [-0.39, 0.29) is 5.91 Å². The molecule has 23 heavy (non-hydrogen) atoms. The third-order valence-electron chi connectivity index (χ3n) is 3.54. The molecule has 0 saturated heterocycles. The molecular weight excluding hydrogens is 284 g/mol. The fourth-order valence-corrected chi connectivity index (χ4v) is 2.33. The molecular formula is C20H24N2O. The zero-order chi connectivity index (χ0) is 16.3. The van der Waals surface area contributed by atoms with Crippen molar-refractivity contribution in [2.24, 2.45) is 0 Å². The van der Waals surface area contributed by atoms with Crippen LogP contribution in [0.2, 0.25) is 0 Å². The summed E-state index contributed by atoms with van der Waals surface area (Å²) in [7, 11) is 2.10. The predicted octanol–water partition coefficient (Wildman–Crippen LogP) is 3.34. The Labute approximate surface area is 138 Å². The summed E-state index contributed by atoms with van der Waals surface area (Å²) in [6, 6.07) is 20.2. The lowest BCUT2D eigenvalue weighted by Gasteiger charge is -2.16. The SMILES string of the molecule is CN(CCCNC(=O)/C=C/c1ccccc1)Cc1ccccc1. The molecule has 0 radical (unpaired) electrons. The second-order valence-electron chi connectivity index (χ2n) is 5.61. The Balaban J connectivity index is 1.61. The van der Waals surface area contributed by atoms with E-state index in [1.165, 1.54) is 5.56 Å². The van der Waals surface area contributed by atoms with Gasteiger partial charge in [0.25, 0.3) is 0 Å². The largest absolute Gasteiger partial charge is 0.353 e. The van der Waals surface area contributed by atoms with Crippen LogP contribution in [0.15, 0.2) is 66.7 Å². The molecule has 1 amide bonds. The van der Waals surface area contributed by atoms with Crippen molar-refractivity contribution < 1.29 is 4.79 Å². The van der Waals surface area contributed by atoms with E-state index < -0.39 is 0 Å². The number of nitrogens with zero attached hydrogens (tertiary/aromatic N) is 1. The smallest absolute Gasteiger partial charge is 0.243 e. The van der Waals surface area contributed by atoms with E-state index in [0.717, 1.165) is 25.1 Å². The lowest BCUT2D eigenvalue weighted by Crippen LogP contribution is -2.26. The van der Waals surface area contributed by atoms with Crippen LogP contribution < -0.4 is 5.32 Å². The highest BCUT2D eigenvalue weighted by Crippen LogP contribution is 2.03. The molecule has 0 aromatic heterocycles. The third kappa shape index (κ3) is 6.94. The molecule has 3 heteroatoms. The number of amides is 1. The van der Waals surface area contributed by atoms with Crippen molar-refractivity contribution >= 4 is 12.0 Å². The Morgan fingerprint density at radius 3 is 2.39 bits per heavy atom. The average molecular weight is 308 g/mol. The second kappa shape index (κ2) is 9.59. The van der Waals surface area contributed by atoms with Gasteiger partial charge in [0.1, 0.15) is 0 Å². The summed E-state index contributed by atoms with van der Waals surface area (Å²) in [6.45, 7) is 2.58. The topological polar surface area (TPSA) is 32.3 Å². The van der Waals surface area contributed by atoms with E-state index in [1.54, 1.807) is 6.08 Å². The number of carbonyl (C=O) groups excluding carboxylic acids is 1. The minimum Gasteiger partial charge on any atom is -0.353 e. The van der Waals surface area contributed by atoms with Gasteiger partial charge in [-0.3, -0.25) is 4.79 Å². The zero-order valence-electron chi connectivity index (χ0n) is 13.6. The highest BCUT2D eigenvalue weighted by molar-refractivity contribution is 5.91. The van der Waals surface area contributed by atoms with Crippen molar-refractivity contribution in [2.75, 3.05) is 20.1 Å². The van der Waals surface area contributed by atoms with Gasteiger partial charge in [0.15, 0.2) is 0 Å². The number of hydrogen-bond donors (Lipinski definition) is 1. The van der Waals surface area contributed by atoms with Gasteiger partial charge >= 0.3 is 0 Å². The molecule has 120 valence electrons. The molecule has 0 fully saturated rings. The quantitative estimate of drug-likeness (QED) is 0.599. The summed E-state index contributed by atoms with van der Waals surface area (Å²) in [6.07, 6.45) is 4.36. The lowest BCUT2D eigenvalue weighted by molar-refractivity contribution is -0.116. The molecule has 2 aromatic carbocycles. The summed E-state index contributed by atoms with van der Waals surface area (Å²) in [5.74, 6) is -0.0421. The standard InChI is InChI=1S/C20H24N2O/c1-22(17-19-11-6-3-7-12-19)16-8-15-21-20(23)14-13-18-9-4-2-5-10-18/h2-7,9-14H,8,15-17H2,1H3,(H,21,23)/b14-13+. The molecule has 2 aromatic rings. The van der Waals surface area contributed by atoms with Crippen LogP contribution in [-0.2, 0) is 11.3 Å². The fraction of sp³-hybridized carbons (Fsp3) is 0.250. The number of benzene rings is 2. The predicted molar refractivity (Wildman–Crippen MR) is 95.9 cm³/mol. The first kappa shape index (κ1) is 17.0. The maximum atomic E-state index is 11.7. The first-order chi connectivity index (χ1) is 11.2. The number of carbonyl (C=O) groups is 1. The Morgan fingerprint density at radius 1 is 1.04 bits per heavy atom. The number of nitrogens with one attached hydrogen (secondary N) is 1. The summed E-state index contributed by atoms with van der Waals surface area (Å²) < 4.78 is 0. The summed E-state index contributed by atoms with van der Waals surface area (Å²) in [5.41, 5.74) is 2.34. The minimum atomic E-state index is -0.0421. The van der Waals surface area contributed by atoms with E-state index in [0.29, 0.717) is 6.54 Å². The lowest BCUT2D eigenvalue weighted by atomic mass is 10.2. The molecule has 0 saturated carbocycles. The maximum absolute atomic E-state index is 11.7. The Bertz CT molecular complexity index is 608. The molecule has 0 unspecified atom stereocenters. The molecule has 0 heterocycles. The van der Waals surface area contributed by atoms with E-state index in [4.69, 9.17) is 0 Å². The van der Waals surface area contributed by atoms with Gasteiger partial charge in [0.2, 0.25) is 5.91 Å². The normalized spacial score (nSPS) is 11.0. The average Bonchev–Trinajstić information content (AvgIpc) is 2.59. The number of hydrogen-bond acceptors (Lipinski definition) is 2. The van der Waals surface area contributed by atoms with Gasteiger partial charge in [0.05, 0.1) is 0 Å². The highest BCUT2D eigenvalue weighted by Gasteiger charge is 2.00. The van der Waals surface area contributed by atoms with Gasteiger partial charge in [0, 0.05) is 19.2 Å². The Kier molecular flexibility index (Phi) is 7.08. The molecule has 0 aliphatic heterocycles. The van der Waals surface area contributed by atoms with Crippen molar-refractivity contribution in [3.63, 3.8) is 0 Å². The monoisotopic (exact) mass is 308 g/mol. The molecule has 0 aliphatic rings. The minimum absolute atomic E-state index is 0.0421. The van der Waals surface area contributed by atoms with Crippen molar-refractivity contribution in [3.05, 3.63) is 77.9 Å². The fourth-order valence-electron chi connectivity index (χ4n) is 2.33. The van der Waals surface area contributed by atoms with Crippen molar-refractivity contribution in [3.8, 4) is 0 Å². The molecule has 0 atom stereocenters. The van der Waals surface area contributed by atoms with Crippen LogP contribution in [0.25, 0.3) is 6.08 Å². The molecule has 0 bridgehead atoms. The van der Waals surface area contributed by atoms with Gasteiger partial charge in [-0.2, -0.15) is 0 Å². The zero-order valence-corrected chi connectivity index (χ0v) is 13.6. The summed E-state index contributed by atoms with van der Waals surface area (Å²) in [5, 5.41) is 2.92. The highest BCUT2D eigenvalue weighted by atomic mass is 16.1. The number of rotatable bonds is 8. The Morgan fingerprint density at radius 2 is 1.70 bits per heavy atom. The van der Waals surface area contributed by atoms with E-state index in [1.807, 2.05) is 42.5 Å². The summed E-state index contributed by atoms with van der Waals surface area (Å²) >= 11 is 0. The van der Waals surface area contributed by atoms with Crippen LogP contribution in [0.4, 0.5) is 0 Å². The molecule has 3 nitrogen and oxygen atoms in total. The molecule has 1 N–H and O–H groups in total. The van der Waals surface area contributed by atoms with E-state index in [9.17, 15) is 4.79 Å². The van der Waals surface area contributed by atoms with Gasteiger partial charge < -0.3 is 10.2 Å². The maximum Gasteiger partial charge on any atom is 0.243 e. The third-order valence-corrected chi connectivity index (χ3v) is 3.54. The van der Waals surface area contributed by atoms with Gasteiger partial charge in [-0.05, 0) is 37.2 Å². The van der Waals surface area contributed by atoms with E-state index in [2.05, 4.69) is 41.5 Å². The molecule has 2 rings (SSSR count). The van der Waals surface area contributed by atoms with Crippen LogP contribution >= 0.6 is 0 Å². The van der Waals surface area contributed by atoms with Crippen LogP contribution in [0.1, 0.15) is 17.5 Å². The van der Waals surface area contributed by atoms with Gasteiger partial charge in [-0.1, -0.05) is 60.7 Å². The van der Waals surface area contributed by atoms with Crippen LogP contribution in [0.5, 0.6) is 0 Å². The second-order valence-corrected chi connectivity index (χ2v) is 5.61. The van der Waals surface area contributed by atoms with E-state index >= 15 is 0 Å². The molecule has 0 spiro atoms. The van der Waals surface area contributed by atoms with Crippen molar-refractivity contribution in [1.29, 1.82) is 0 Å². The van der Waals surface area contributed by atoms with Gasteiger partial charge in [-0.15, -0.1) is 0 Å². The van der Waals surface area contributed by atoms with Crippen molar-refractivity contribution in [1.82, 2.24) is 10.2 Å².